The maximum Gasteiger partial charge on any atom is -0.00264 e. The lowest BCUT2D eigenvalue weighted by Crippen LogP contribution is -1.63. The first kappa shape index (κ1) is 6.01. The molecule has 0 atom stereocenters. The Labute approximate surface area is 71.5 Å². The highest BCUT2D eigenvalue weighted by Crippen LogP contribution is 2.50. The molecule has 0 heterocycles. The van der Waals surface area contributed by atoms with E-state index in [0.717, 1.165) is 0 Å². The van der Waals surface area contributed by atoms with Crippen LogP contribution in [-0.4, -0.2) is 0 Å². The Morgan fingerprint density at radius 2 is 1.25 bits per heavy atom. The summed E-state index contributed by atoms with van der Waals surface area (Å²) in [5, 5.41) is 0. The average Bonchev–Trinajstić information content (AvgIpc) is 2.62. The van der Waals surface area contributed by atoms with Crippen molar-refractivity contribution in [2.24, 2.45) is 0 Å². The molecule has 0 fully saturated rings. The normalized spacial score (nSPS) is 11.3. The summed E-state index contributed by atoms with van der Waals surface area (Å²) in [6.07, 6.45) is 0. The summed E-state index contributed by atoms with van der Waals surface area (Å²) in [7, 11) is 0. The van der Waals surface area contributed by atoms with Gasteiger partial charge < -0.3 is 0 Å². The van der Waals surface area contributed by atoms with Crippen LogP contribution in [0.1, 0.15) is 0 Å². The highest BCUT2D eigenvalue weighted by Gasteiger charge is 2.23. The molecule has 3 rings (SSSR count). The molecule has 1 aromatic carbocycles. The quantitative estimate of drug-likeness (QED) is 0.501. The minimum absolute atomic E-state index is 1.35. The van der Waals surface area contributed by atoms with Gasteiger partial charge >= 0.3 is 0 Å². The number of rotatable bonds is 1. The Balaban J connectivity index is 2.16. The van der Waals surface area contributed by atoms with Gasteiger partial charge in [0.15, 0.2) is 0 Å². The van der Waals surface area contributed by atoms with Crippen molar-refractivity contribution >= 4 is 0 Å². The summed E-state index contributed by atoms with van der Waals surface area (Å²) in [6, 6.07) is 17.0. The Morgan fingerprint density at radius 1 is 0.583 bits per heavy atom. The predicted molar refractivity (Wildman–Crippen MR) is 50.9 cm³/mol. The second-order valence-corrected chi connectivity index (χ2v) is 3.09. The van der Waals surface area contributed by atoms with Gasteiger partial charge in [0.05, 0.1) is 0 Å². The van der Waals surface area contributed by atoms with Crippen LogP contribution in [0.3, 0.4) is 0 Å². The molecule has 0 aliphatic heterocycles. The van der Waals surface area contributed by atoms with E-state index in [0.29, 0.717) is 0 Å². The Bertz CT molecular complexity index is 407. The molecular formula is C12H8. The molecule has 0 radical (unpaired) electrons. The first-order chi connectivity index (χ1) is 5.97. The van der Waals surface area contributed by atoms with E-state index in [1.54, 1.807) is 0 Å². The van der Waals surface area contributed by atoms with Gasteiger partial charge in [0, 0.05) is 0 Å². The van der Waals surface area contributed by atoms with E-state index in [2.05, 4.69) is 48.5 Å². The Kier molecular flexibility index (Phi) is 0.991. The first-order valence-electron chi connectivity index (χ1n) is 4.15. The van der Waals surface area contributed by atoms with Crippen LogP contribution in [0.25, 0.3) is 22.3 Å². The number of benzene rings is 2. The molecule has 2 aliphatic carbocycles. The van der Waals surface area contributed by atoms with Crippen LogP contribution in [0.4, 0.5) is 0 Å². The van der Waals surface area contributed by atoms with Gasteiger partial charge in [0.25, 0.3) is 0 Å². The summed E-state index contributed by atoms with van der Waals surface area (Å²) in [4.78, 5) is 0. The summed E-state index contributed by atoms with van der Waals surface area (Å²) >= 11 is 0. The molecule has 1 aromatic rings. The molecule has 0 unspecified atom stereocenters. The van der Waals surface area contributed by atoms with Crippen LogP contribution >= 0.6 is 0 Å². The van der Waals surface area contributed by atoms with E-state index in [1.165, 1.54) is 22.3 Å². The molecule has 0 bridgehead atoms. The Hall–Kier alpha value is -1.56. The molecule has 0 amide bonds. The minimum Gasteiger partial charge on any atom is -0.0622 e. The standard InChI is InChI=1S/C12H8/c1-2-5-9(6-3-1)12-10-7-4-8-11(10)12/h1-8H. The second kappa shape index (κ2) is 1.98. The lowest BCUT2D eigenvalue weighted by atomic mass is 10.2. The molecule has 0 heteroatoms. The first-order valence-corrected chi connectivity index (χ1v) is 4.15. The van der Waals surface area contributed by atoms with Gasteiger partial charge in [-0.15, -0.1) is 0 Å². The molecule has 2 aliphatic rings. The smallest absolute Gasteiger partial charge is 0.00264 e. The molecule has 0 spiro atoms. The van der Waals surface area contributed by atoms with Crippen molar-refractivity contribution < 1.29 is 0 Å². The Morgan fingerprint density at radius 3 is 1.92 bits per heavy atom. The third kappa shape index (κ3) is 0.668. The van der Waals surface area contributed by atoms with E-state index >= 15 is 0 Å². The molecule has 0 saturated heterocycles. The zero-order valence-corrected chi connectivity index (χ0v) is 6.62. The van der Waals surface area contributed by atoms with E-state index in [4.69, 9.17) is 0 Å². The van der Waals surface area contributed by atoms with Crippen molar-refractivity contribution in [3.8, 4) is 22.3 Å². The molecule has 0 N–H and O–H groups in total. The fourth-order valence-electron chi connectivity index (χ4n) is 1.72. The van der Waals surface area contributed by atoms with Crippen LogP contribution in [0.2, 0.25) is 0 Å². The van der Waals surface area contributed by atoms with Crippen molar-refractivity contribution in [1.29, 1.82) is 0 Å². The molecule has 0 saturated carbocycles. The topological polar surface area (TPSA) is 0 Å². The summed E-state index contributed by atoms with van der Waals surface area (Å²) < 4.78 is 0. The van der Waals surface area contributed by atoms with Crippen LogP contribution in [0, 0.1) is 0 Å². The third-order valence-electron chi connectivity index (χ3n) is 2.35. The lowest BCUT2D eigenvalue weighted by Gasteiger charge is -1.88. The van der Waals surface area contributed by atoms with Crippen molar-refractivity contribution in [1.82, 2.24) is 0 Å². The number of hydrogen-bond acceptors (Lipinski definition) is 0. The SMILES string of the molecule is c1ccc(-c2c3cccc2-3)cc1. The molecule has 0 nitrogen and oxygen atoms in total. The highest BCUT2D eigenvalue weighted by molar-refractivity contribution is 6.07. The van der Waals surface area contributed by atoms with E-state index in [-0.39, 0.29) is 0 Å². The highest BCUT2D eigenvalue weighted by atomic mass is 14.3. The van der Waals surface area contributed by atoms with Gasteiger partial charge in [-0.05, 0) is 22.3 Å². The van der Waals surface area contributed by atoms with E-state index < -0.39 is 0 Å². The van der Waals surface area contributed by atoms with Crippen molar-refractivity contribution in [2.45, 2.75) is 0 Å². The van der Waals surface area contributed by atoms with Crippen LogP contribution < -0.4 is 0 Å². The molecule has 0 aromatic heterocycles. The van der Waals surface area contributed by atoms with Crippen molar-refractivity contribution in [3.63, 3.8) is 0 Å². The predicted octanol–water partition coefficient (Wildman–Crippen LogP) is 3.33. The largest absolute Gasteiger partial charge is 0.0622 e. The number of hydrogen-bond donors (Lipinski definition) is 0. The van der Waals surface area contributed by atoms with Crippen LogP contribution in [0.15, 0.2) is 48.5 Å². The van der Waals surface area contributed by atoms with Gasteiger partial charge in [-0.2, -0.15) is 0 Å². The van der Waals surface area contributed by atoms with Gasteiger partial charge in [-0.1, -0.05) is 48.5 Å². The maximum atomic E-state index is 2.18. The lowest BCUT2D eigenvalue weighted by molar-refractivity contribution is 1.71. The van der Waals surface area contributed by atoms with Crippen LogP contribution in [0.5, 0.6) is 0 Å². The van der Waals surface area contributed by atoms with Gasteiger partial charge in [0.2, 0.25) is 0 Å². The summed E-state index contributed by atoms with van der Waals surface area (Å²) in [6.45, 7) is 0. The fraction of sp³-hybridized carbons (Fsp3) is 0. The van der Waals surface area contributed by atoms with Gasteiger partial charge in [-0.3, -0.25) is 0 Å². The van der Waals surface area contributed by atoms with E-state index in [1.807, 2.05) is 0 Å². The molecule has 12 heavy (non-hydrogen) atoms. The third-order valence-corrected chi connectivity index (χ3v) is 2.35. The second-order valence-electron chi connectivity index (χ2n) is 3.09. The van der Waals surface area contributed by atoms with Gasteiger partial charge in [0.1, 0.15) is 0 Å². The summed E-state index contributed by atoms with van der Waals surface area (Å²) in [5.74, 6) is 0. The fourth-order valence-corrected chi connectivity index (χ4v) is 1.72. The average molecular weight is 152 g/mol. The molecular weight excluding hydrogens is 144 g/mol. The van der Waals surface area contributed by atoms with Crippen molar-refractivity contribution in [3.05, 3.63) is 48.5 Å². The van der Waals surface area contributed by atoms with Gasteiger partial charge in [-0.25, -0.2) is 0 Å². The molecule has 56 valence electrons. The monoisotopic (exact) mass is 152 g/mol. The van der Waals surface area contributed by atoms with E-state index in [9.17, 15) is 0 Å². The zero-order valence-electron chi connectivity index (χ0n) is 6.62. The van der Waals surface area contributed by atoms with Crippen molar-refractivity contribution in [2.75, 3.05) is 0 Å². The summed E-state index contributed by atoms with van der Waals surface area (Å²) in [5.41, 5.74) is 5.66. The number of fused-ring (bicyclic) bond motifs is 1. The maximum absolute atomic E-state index is 2.18. The minimum atomic E-state index is 1.35. The van der Waals surface area contributed by atoms with Crippen LogP contribution in [-0.2, 0) is 0 Å². The zero-order chi connectivity index (χ0) is 7.97.